The molecule has 2 aliphatic heterocycles. The molecule has 0 radical (unpaired) electrons. The minimum absolute atomic E-state index is 0.0689. The number of hydrogen-bond donors (Lipinski definition) is 2. The largest absolute Gasteiger partial charge is 0.416 e. The van der Waals surface area contributed by atoms with Gasteiger partial charge in [0.15, 0.2) is 15.8 Å². The number of benzene rings is 1. The number of nitrogens with zero attached hydrogens (tertiary/aromatic N) is 2. The van der Waals surface area contributed by atoms with E-state index in [0.29, 0.717) is 45.2 Å². The van der Waals surface area contributed by atoms with Crippen LogP contribution in [0.25, 0.3) is 0 Å². The molecule has 30 heavy (non-hydrogen) atoms. The molecule has 2 aliphatic rings. The minimum Gasteiger partial charge on any atom is -0.379 e. The molecule has 0 aromatic heterocycles. The Morgan fingerprint density at radius 2 is 1.93 bits per heavy atom. The van der Waals surface area contributed by atoms with E-state index in [1.54, 1.807) is 7.05 Å². The lowest BCUT2D eigenvalue weighted by atomic mass is 10.0. The molecule has 0 amide bonds. The van der Waals surface area contributed by atoms with Crippen molar-refractivity contribution in [2.45, 2.75) is 24.7 Å². The number of hydrogen-bond acceptors (Lipinski definition) is 5. The third kappa shape index (κ3) is 6.08. The molecule has 0 aliphatic carbocycles. The van der Waals surface area contributed by atoms with Crippen LogP contribution < -0.4 is 10.6 Å². The first-order valence-corrected chi connectivity index (χ1v) is 11.7. The van der Waals surface area contributed by atoms with Crippen LogP contribution in [-0.4, -0.2) is 76.7 Å². The van der Waals surface area contributed by atoms with Crippen molar-refractivity contribution in [2.75, 3.05) is 51.4 Å². The zero-order valence-corrected chi connectivity index (χ0v) is 17.6. The van der Waals surface area contributed by atoms with Crippen LogP contribution in [-0.2, 0) is 20.8 Å². The number of rotatable bonds is 5. The number of guanidine groups is 1. The van der Waals surface area contributed by atoms with E-state index in [1.165, 1.54) is 12.1 Å². The average Bonchev–Trinajstić information content (AvgIpc) is 3.06. The summed E-state index contributed by atoms with van der Waals surface area (Å²) in [5, 5.41) is 6.33. The van der Waals surface area contributed by atoms with Gasteiger partial charge in [0.2, 0.25) is 0 Å². The first-order chi connectivity index (χ1) is 14.2. The monoisotopic (exact) mass is 448 g/mol. The van der Waals surface area contributed by atoms with Crippen molar-refractivity contribution in [1.29, 1.82) is 0 Å². The highest BCUT2D eigenvalue weighted by Gasteiger charge is 2.31. The minimum atomic E-state index is -4.38. The SMILES string of the molecule is CN=C(NCC(c1ccc(C(F)(F)F)cc1)N1CCOCC1)NC1CCS(=O)(=O)C1. The summed E-state index contributed by atoms with van der Waals surface area (Å²) in [6.07, 6.45) is -3.85. The maximum Gasteiger partial charge on any atom is 0.416 e. The van der Waals surface area contributed by atoms with E-state index in [2.05, 4.69) is 20.5 Å². The van der Waals surface area contributed by atoms with Gasteiger partial charge >= 0.3 is 6.18 Å². The Bertz CT molecular complexity index is 838. The molecule has 2 heterocycles. The maximum absolute atomic E-state index is 12.9. The maximum atomic E-state index is 12.9. The number of morpholine rings is 1. The topological polar surface area (TPSA) is 83.0 Å². The summed E-state index contributed by atoms with van der Waals surface area (Å²) >= 11 is 0. The Labute approximate surface area is 174 Å². The molecule has 1 aromatic carbocycles. The van der Waals surface area contributed by atoms with Gasteiger partial charge in [0.25, 0.3) is 0 Å². The van der Waals surface area contributed by atoms with Crippen LogP contribution >= 0.6 is 0 Å². The van der Waals surface area contributed by atoms with Crippen molar-refractivity contribution < 1.29 is 26.3 Å². The normalized spacial score (nSPS) is 23.9. The zero-order chi connectivity index (χ0) is 21.8. The number of aliphatic imine (C=N–C) groups is 1. The Kier molecular flexibility index (Phi) is 7.25. The fraction of sp³-hybridized carbons (Fsp3) is 0.632. The first kappa shape index (κ1) is 22.8. The van der Waals surface area contributed by atoms with Crippen molar-refractivity contribution in [2.24, 2.45) is 4.99 Å². The molecule has 2 N–H and O–H groups in total. The third-order valence-corrected chi connectivity index (χ3v) is 7.14. The van der Waals surface area contributed by atoms with E-state index in [1.807, 2.05) is 0 Å². The summed E-state index contributed by atoms with van der Waals surface area (Å²) in [5.41, 5.74) is 0.0798. The summed E-state index contributed by atoms with van der Waals surface area (Å²) in [6, 6.07) is 4.82. The third-order valence-electron chi connectivity index (χ3n) is 5.37. The number of nitrogens with one attached hydrogen (secondary N) is 2. The Morgan fingerprint density at radius 1 is 1.27 bits per heavy atom. The van der Waals surface area contributed by atoms with Gasteiger partial charge in [-0.05, 0) is 24.1 Å². The van der Waals surface area contributed by atoms with Crippen LogP contribution in [0.15, 0.2) is 29.3 Å². The van der Waals surface area contributed by atoms with Gasteiger partial charge in [-0.2, -0.15) is 13.2 Å². The molecule has 3 rings (SSSR count). The smallest absolute Gasteiger partial charge is 0.379 e. The second kappa shape index (κ2) is 9.52. The molecule has 2 fully saturated rings. The summed E-state index contributed by atoms with van der Waals surface area (Å²) in [4.78, 5) is 6.32. The molecule has 0 saturated carbocycles. The van der Waals surface area contributed by atoms with Crippen molar-refractivity contribution in [1.82, 2.24) is 15.5 Å². The molecule has 1 aromatic rings. The van der Waals surface area contributed by atoms with E-state index in [-0.39, 0.29) is 23.6 Å². The molecular weight excluding hydrogens is 421 g/mol. The fourth-order valence-electron chi connectivity index (χ4n) is 3.73. The van der Waals surface area contributed by atoms with Crippen molar-refractivity contribution in [3.05, 3.63) is 35.4 Å². The van der Waals surface area contributed by atoms with Gasteiger partial charge in [0.1, 0.15) is 0 Å². The van der Waals surface area contributed by atoms with Crippen LogP contribution in [0.4, 0.5) is 13.2 Å². The van der Waals surface area contributed by atoms with Crippen LogP contribution in [0.3, 0.4) is 0 Å². The highest BCUT2D eigenvalue weighted by Crippen LogP contribution is 2.31. The van der Waals surface area contributed by atoms with Crippen molar-refractivity contribution in [3.63, 3.8) is 0 Å². The Hall–Kier alpha value is -1.85. The lowest BCUT2D eigenvalue weighted by Crippen LogP contribution is -2.48. The van der Waals surface area contributed by atoms with E-state index in [9.17, 15) is 21.6 Å². The van der Waals surface area contributed by atoms with E-state index in [0.717, 1.165) is 17.7 Å². The first-order valence-electron chi connectivity index (χ1n) is 9.84. The number of halogens is 3. The highest BCUT2D eigenvalue weighted by molar-refractivity contribution is 7.91. The predicted octanol–water partition coefficient (Wildman–Crippen LogP) is 1.43. The number of sulfone groups is 1. The molecule has 2 atom stereocenters. The van der Waals surface area contributed by atoms with Crippen LogP contribution in [0.1, 0.15) is 23.6 Å². The van der Waals surface area contributed by atoms with Gasteiger partial charge in [-0.3, -0.25) is 9.89 Å². The molecule has 11 heteroatoms. The van der Waals surface area contributed by atoms with Crippen LogP contribution in [0, 0.1) is 0 Å². The number of alkyl halides is 3. The highest BCUT2D eigenvalue weighted by atomic mass is 32.2. The molecule has 168 valence electrons. The lowest BCUT2D eigenvalue weighted by molar-refractivity contribution is -0.137. The molecule has 2 saturated heterocycles. The molecular formula is C19H27F3N4O3S. The van der Waals surface area contributed by atoms with Gasteiger partial charge in [-0.1, -0.05) is 12.1 Å². The van der Waals surface area contributed by atoms with E-state index < -0.39 is 21.6 Å². The van der Waals surface area contributed by atoms with Crippen molar-refractivity contribution >= 4 is 15.8 Å². The van der Waals surface area contributed by atoms with Gasteiger partial charge in [-0.15, -0.1) is 0 Å². The van der Waals surface area contributed by atoms with Crippen LogP contribution in [0.5, 0.6) is 0 Å². The van der Waals surface area contributed by atoms with E-state index >= 15 is 0 Å². The summed E-state index contributed by atoms with van der Waals surface area (Å²) in [7, 11) is -1.42. The van der Waals surface area contributed by atoms with Gasteiger partial charge < -0.3 is 15.4 Å². The second-order valence-corrected chi connectivity index (χ2v) is 9.71. The summed E-state index contributed by atoms with van der Waals surface area (Å²) in [6.45, 7) is 2.86. The predicted molar refractivity (Wildman–Crippen MR) is 108 cm³/mol. The zero-order valence-electron chi connectivity index (χ0n) is 16.8. The molecule has 2 unspecified atom stereocenters. The van der Waals surface area contributed by atoms with Gasteiger partial charge in [0.05, 0.1) is 36.3 Å². The second-order valence-electron chi connectivity index (χ2n) is 7.48. The molecule has 0 bridgehead atoms. The summed E-state index contributed by atoms with van der Waals surface area (Å²) in [5.74, 6) is 0.700. The standard InChI is InChI=1S/C19H27F3N4O3S/c1-23-18(25-16-6-11-30(27,28)13-16)24-12-17(26-7-9-29-10-8-26)14-2-4-15(5-3-14)19(20,21)22/h2-5,16-17H,6-13H2,1H3,(H2,23,24,25). The Balaban J connectivity index is 1.69. The lowest BCUT2D eigenvalue weighted by Gasteiger charge is -2.35. The van der Waals surface area contributed by atoms with Crippen LogP contribution in [0.2, 0.25) is 0 Å². The molecule has 0 spiro atoms. The summed E-state index contributed by atoms with van der Waals surface area (Å²) < 4.78 is 67.5. The van der Waals surface area contributed by atoms with Gasteiger partial charge in [0, 0.05) is 32.7 Å². The van der Waals surface area contributed by atoms with Gasteiger partial charge in [-0.25, -0.2) is 8.42 Å². The average molecular weight is 449 g/mol. The van der Waals surface area contributed by atoms with Crippen molar-refractivity contribution in [3.8, 4) is 0 Å². The quantitative estimate of drug-likeness (QED) is 0.524. The Morgan fingerprint density at radius 3 is 2.47 bits per heavy atom. The number of ether oxygens (including phenoxy) is 1. The molecule has 7 nitrogen and oxygen atoms in total. The van der Waals surface area contributed by atoms with E-state index in [4.69, 9.17) is 4.74 Å². The fourth-order valence-corrected chi connectivity index (χ4v) is 5.40.